The van der Waals surface area contributed by atoms with E-state index in [-0.39, 0.29) is 5.11 Å². The van der Waals surface area contributed by atoms with Crippen molar-refractivity contribution in [3.8, 4) is 0 Å². The highest BCUT2D eigenvalue weighted by molar-refractivity contribution is 7.80. The molecule has 0 aliphatic heterocycles. The van der Waals surface area contributed by atoms with Crippen molar-refractivity contribution in [2.75, 3.05) is 12.4 Å². The maximum atomic E-state index is 13.2. The molecule has 0 unspecified atom stereocenters. The van der Waals surface area contributed by atoms with Gasteiger partial charge in [-0.2, -0.15) is 13.2 Å². The van der Waals surface area contributed by atoms with Crippen LogP contribution >= 0.6 is 23.8 Å². The van der Waals surface area contributed by atoms with Crippen LogP contribution < -0.4 is 10.6 Å². The van der Waals surface area contributed by atoms with Gasteiger partial charge in [-0.3, -0.25) is 0 Å². The van der Waals surface area contributed by atoms with Gasteiger partial charge in [-0.05, 0) is 61.0 Å². The number of benzene rings is 2. The van der Waals surface area contributed by atoms with Crippen molar-refractivity contribution in [2.24, 2.45) is 0 Å². The van der Waals surface area contributed by atoms with Crippen molar-refractivity contribution in [3.05, 3.63) is 64.2 Å². The van der Waals surface area contributed by atoms with Crippen LogP contribution in [0.2, 0.25) is 5.02 Å². The van der Waals surface area contributed by atoms with Gasteiger partial charge in [0.15, 0.2) is 5.11 Å². The lowest BCUT2D eigenvalue weighted by Gasteiger charge is -2.33. The molecule has 1 aliphatic rings. The number of carbonyl (C=O) groups excluding carboxylic acids is 1. The van der Waals surface area contributed by atoms with Crippen LogP contribution in [0.4, 0.5) is 18.9 Å². The fourth-order valence-corrected chi connectivity index (χ4v) is 4.16. The first-order valence-electron chi connectivity index (χ1n) is 9.29. The Bertz CT molecular complexity index is 960. The topological polar surface area (TPSA) is 50.4 Å². The molecule has 9 heteroatoms. The summed E-state index contributed by atoms with van der Waals surface area (Å²) in [7, 11) is 1.27. The zero-order chi connectivity index (χ0) is 21.9. The Hall–Kier alpha value is -2.32. The first kappa shape index (κ1) is 22.4. The summed E-state index contributed by atoms with van der Waals surface area (Å²) in [5.41, 5.74) is -0.179. The molecule has 0 aromatic heterocycles. The number of alkyl halides is 3. The molecule has 2 aromatic carbocycles. The highest BCUT2D eigenvalue weighted by atomic mass is 35.5. The minimum atomic E-state index is -4.42. The maximum Gasteiger partial charge on any atom is 0.416 e. The van der Waals surface area contributed by atoms with E-state index < -0.39 is 23.2 Å². The second kappa shape index (κ2) is 8.81. The Morgan fingerprint density at radius 3 is 2.50 bits per heavy atom. The van der Waals surface area contributed by atoms with Crippen molar-refractivity contribution < 1.29 is 22.7 Å². The van der Waals surface area contributed by atoms with Gasteiger partial charge in [0.05, 0.1) is 34.5 Å². The van der Waals surface area contributed by atoms with Gasteiger partial charge in [0, 0.05) is 0 Å². The van der Waals surface area contributed by atoms with Gasteiger partial charge in [-0.25, -0.2) is 4.79 Å². The van der Waals surface area contributed by atoms with Crippen molar-refractivity contribution >= 4 is 40.6 Å². The van der Waals surface area contributed by atoms with Gasteiger partial charge >= 0.3 is 12.1 Å². The third kappa shape index (κ3) is 4.87. The van der Waals surface area contributed by atoms with Gasteiger partial charge in [0.25, 0.3) is 0 Å². The van der Waals surface area contributed by atoms with Gasteiger partial charge in [-0.15, -0.1) is 0 Å². The minimum Gasteiger partial charge on any atom is -0.465 e. The van der Waals surface area contributed by atoms with E-state index in [1.165, 1.54) is 37.4 Å². The molecular weight excluding hydrogens is 437 g/mol. The second-order valence-corrected chi connectivity index (χ2v) is 7.95. The first-order valence-corrected chi connectivity index (χ1v) is 10.1. The summed E-state index contributed by atoms with van der Waals surface area (Å²) in [5.74, 6) is -0.523. The van der Waals surface area contributed by atoms with Crippen molar-refractivity contribution in [2.45, 2.75) is 37.4 Å². The molecule has 1 aliphatic carbocycles. The van der Waals surface area contributed by atoms with E-state index >= 15 is 0 Å². The molecule has 160 valence electrons. The molecule has 30 heavy (non-hydrogen) atoms. The molecule has 0 spiro atoms. The van der Waals surface area contributed by atoms with Crippen LogP contribution in [-0.2, 0) is 16.5 Å². The smallest absolute Gasteiger partial charge is 0.416 e. The van der Waals surface area contributed by atoms with Crippen LogP contribution in [0.1, 0.15) is 47.2 Å². The van der Waals surface area contributed by atoms with Crippen molar-refractivity contribution in [1.29, 1.82) is 0 Å². The molecule has 3 rings (SSSR count). The monoisotopic (exact) mass is 456 g/mol. The third-order valence-electron chi connectivity index (χ3n) is 5.19. The zero-order valence-corrected chi connectivity index (χ0v) is 17.7. The average Bonchev–Trinajstić information content (AvgIpc) is 3.18. The SMILES string of the molecule is COC(=O)c1ccc(Cl)c(NC(=S)NC2(c3cccc(C(F)(F)F)c3)CCCC2)c1. The summed E-state index contributed by atoms with van der Waals surface area (Å²) in [4.78, 5) is 11.8. The third-order valence-corrected chi connectivity index (χ3v) is 5.72. The fourth-order valence-electron chi connectivity index (χ4n) is 3.69. The lowest BCUT2D eigenvalue weighted by atomic mass is 9.87. The highest BCUT2D eigenvalue weighted by Gasteiger charge is 2.38. The Morgan fingerprint density at radius 2 is 1.87 bits per heavy atom. The molecule has 1 saturated carbocycles. The van der Waals surface area contributed by atoms with Crippen LogP contribution in [0, 0.1) is 0 Å². The number of anilines is 1. The van der Waals surface area contributed by atoms with E-state index in [0.717, 1.165) is 18.9 Å². The number of hydrogen-bond acceptors (Lipinski definition) is 3. The fraction of sp³-hybridized carbons (Fsp3) is 0.333. The number of carbonyl (C=O) groups is 1. The van der Waals surface area contributed by atoms with Crippen molar-refractivity contribution in [1.82, 2.24) is 5.32 Å². The molecule has 0 saturated heterocycles. The molecule has 4 nitrogen and oxygen atoms in total. The van der Waals surface area contributed by atoms with Gasteiger partial charge in [0.2, 0.25) is 0 Å². The largest absolute Gasteiger partial charge is 0.465 e. The molecule has 2 N–H and O–H groups in total. The molecule has 0 amide bonds. The Labute approximate surface area is 182 Å². The second-order valence-electron chi connectivity index (χ2n) is 7.13. The summed E-state index contributed by atoms with van der Waals surface area (Å²) < 4.78 is 44.3. The van der Waals surface area contributed by atoms with E-state index in [2.05, 4.69) is 10.6 Å². The summed E-state index contributed by atoms with van der Waals surface area (Å²) in [6.07, 6.45) is -1.40. The predicted molar refractivity (Wildman–Crippen MR) is 114 cm³/mol. The number of methoxy groups -OCH3 is 1. The first-order chi connectivity index (χ1) is 14.1. The van der Waals surface area contributed by atoms with E-state index in [0.29, 0.717) is 34.7 Å². The summed E-state index contributed by atoms with van der Waals surface area (Å²) in [6, 6.07) is 9.89. The molecule has 2 aromatic rings. The average molecular weight is 457 g/mol. The van der Waals surface area contributed by atoms with E-state index in [9.17, 15) is 18.0 Å². The molecule has 0 atom stereocenters. The summed E-state index contributed by atoms with van der Waals surface area (Å²) in [5, 5.41) is 6.70. The van der Waals surface area contributed by atoms with E-state index in [1.54, 1.807) is 6.07 Å². The molecule has 1 fully saturated rings. The maximum absolute atomic E-state index is 13.2. The van der Waals surface area contributed by atoms with Crippen LogP contribution in [-0.4, -0.2) is 18.2 Å². The summed E-state index contributed by atoms with van der Waals surface area (Å²) >= 11 is 11.6. The highest BCUT2D eigenvalue weighted by Crippen LogP contribution is 2.41. The Balaban J connectivity index is 1.85. The van der Waals surface area contributed by atoms with Crippen LogP contribution in [0.15, 0.2) is 42.5 Å². The van der Waals surface area contributed by atoms with Crippen molar-refractivity contribution in [3.63, 3.8) is 0 Å². The predicted octanol–water partition coefficient (Wildman–Crippen LogP) is 5.90. The Kier molecular flexibility index (Phi) is 6.57. The number of halogens is 4. The molecule has 0 radical (unpaired) electrons. The van der Waals surface area contributed by atoms with Gasteiger partial charge < -0.3 is 15.4 Å². The number of esters is 1. The lowest BCUT2D eigenvalue weighted by molar-refractivity contribution is -0.137. The summed E-state index contributed by atoms with van der Waals surface area (Å²) in [6.45, 7) is 0. The normalized spacial score (nSPS) is 15.5. The lowest BCUT2D eigenvalue weighted by Crippen LogP contribution is -2.45. The quantitative estimate of drug-likeness (QED) is 0.443. The number of ether oxygens (including phenoxy) is 1. The number of nitrogens with one attached hydrogen (secondary N) is 2. The van der Waals surface area contributed by atoms with Crippen LogP contribution in [0.25, 0.3) is 0 Å². The van der Waals surface area contributed by atoms with Gasteiger partial charge in [0.1, 0.15) is 0 Å². The molecule has 0 bridgehead atoms. The number of rotatable bonds is 4. The standard InChI is InChI=1S/C21H20ClF3N2O2S/c1-29-18(28)13-7-8-16(22)17(11-13)26-19(30)27-20(9-2-3-10-20)14-5-4-6-15(12-14)21(23,24)25/h4-8,11-12H,2-3,9-10H2,1H3,(H2,26,27,30). The number of hydrogen-bond donors (Lipinski definition) is 2. The van der Waals surface area contributed by atoms with E-state index in [4.69, 9.17) is 28.6 Å². The number of thiocarbonyl (C=S) groups is 1. The van der Waals surface area contributed by atoms with E-state index in [1.807, 2.05) is 0 Å². The van der Waals surface area contributed by atoms with Crippen LogP contribution in [0.3, 0.4) is 0 Å². The van der Waals surface area contributed by atoms with Gasteiger partial charge in [-0.1, -0.05) is 36.6 Å². The molecule has 0 heterocycles. The minimum absolute atomic E-state index is 0.207. The zero-order valence-electron chi connectivity index (χ0n) is 16.1. The Morgan fingerprint density at radius 1 is 1.17 bits per heavy atom. The molecular formula is C21H20ClF3N2O2S. The van der Waals surface area contributed by atoms with Crippen LogP contribution in [0.5, 0.6) is 0 Å².